The Morgan fingerprint density at radius 3 is 2.74 bits per heavy atom. The number of aryl methyl sites for hydroxylation is 1. The van der Waals surface area contributed by atoms with Crippen LogP contribution in [0.1, 0.15) is 48.7 Å². The van der Waals surface area contributed by atoms with Crippen molar-refractivity contribution in [3.05, 3.63) is 90.0 Å². The lowest BCUT2D eigenvalue weighted by Crippen LogP contribution is -2.20. The fourth-order valence-corrected chi connectivity index (χ4v) is 4.57. The van der Waals surface area contributed by atoms with Crippen molar-refractivity contribution in [1.29, 1.82) is 0 Å². The van der Waals surface area contributed by atoms with Gasteiger partial charge in [-0.05, 0) is 30.5 Å². The number of nitrogens with zero attached hydrogens (tertiary/aromatic N) is 4. The predicted octanol–water partition coefficient (Wildman–Crippen LogP) is 4.60. The summed E-state index contributed by atoms with van der Waals surface area (Å²) < 4.78 is 13.1. The van der Waals surface area contributed by atoms with Crippen molar-refractivity contribution in [1.82, 2.24) is 19.5 Å². The second-order valence-electron chi connectivity index (χ2n) is 9.39. The standard InChI is InChI=1S/C29H31N5O4/c1-3-23(21-7-5-4-6-8-21)33-27-26-28(31-17-30-27)34(18-32-26)29-24(35)15-22(38-29)16-37-25(36)14-13-20-11-9-19(2)10-12-20/h4-14,17-18,22-24,29,35H,3,15-16H2,1-2H3,(H,30,31,33)/b14-13+/t22-,23-,24?,29+/m0/s1. The molecule has 0 saturated carbocycles. The molecule has 0 bridgehead atoms. The molecule has 196 valence electrons. The van der Waals surface area contributed by atoms with Crippen molar-refractivity contribution < 1.29 is 19.4 Å². The highest BCUT2D eigenvalue weighted by Crippen LogP contribution is 2.33. The third kappa shape index (κ3) is 5.74. The van der Waals surface area contributed by atoms with E-state index in [2.05, 4.69) is 39.3 Å². The van der Waals surface area contributed by atoms with E-state index in [-0.39, 0.29) is 12.6 Å². The third-order valence-electron chi connectivity index (χ3n) is 6.62. The van der Waals surface area contributed by atoms with Gasteiger partial charge in [0.25, 0.3) is 0 Å². The summed E-state index contributed by atoms with van der Waals surface area (Å²) in [5.74, 6) is 0.148. The van der Waals surface area contributed by atoms with E-state index < -0.39 is 24.4 Å². The SMILES string of the molecule is CC[C@H](Nc1ncnc2c1ncn2[C@@H]1O[C@H](COC(=O)/C=C/c2ccc(C)cc2)CC1O)c1ccccc1. The first-order valence-corrected chi connectivity index (χ1v) is 12.8. The van der Waals surface area contributed by atoms with Crippen LogP contribution in [0.3, 0.4) is 0 Å². The summed E-state index contributed by atoms with van der Waals surface area (Å²) in [5.41, 5.74) is 4.36. The topological polar surface area (TPSA) is 111 Å². The Morgan fingerprint density at radius 1 is 1.18 bits per heavy atom. The molecule has 4 atom stereocenters. The number of aromatic nitrogens is 4. The Kier molecular flexibility index (Phi) is 7.76. The van der Waals surface area contributed by atoms with Crippen molar-refractivity contribution >= 4 is 29.0 Å². The molecule has 0 radical (unpaired) electrons. The fourth-order valence-electron chi connectivity index (χ4n) is 4.57. The molecule has 2 aromatic carbocycles. The zero-order valence-corrected chi connectivity index (χ0v) is 21.4. The molecule has 0 amide bonds. The quantitative estimate of drug-likeness (QED) is 0.247. The lowest BCUT2D eigenvalue weighted by atomic mass is 10.0. The van der Waals surface area contributed by atoms with E-state index >= 15 is 0 Å². The molecule has 2 N–H and O–H groups in total. The third-order valence-corrected chi connectivity index (χ3v) is 6.62. The van der Waals surface area contributed by atoms with Gasteiger partial charge in [-0.2, -0.15) is 0 Å². The van der Waals surface area contributed by atoms with Gasteiger partial charge in [0.2, 0.25) is 0 Å². The maximum atomic E-state index is 12.2. The molecule has 1 unspecified atom stereocenters. The highest BCUT2D eigenvalue weighted by atomic mass is 16.6. The number of imidazole rings is 1. The summed E-state index contributed by atoms with van der Waals surface area (Å²) >= 11 is 0. The average Bonchev–Trinajstić information content (AvgIpc) is 3.54. The number of carbonyl (C=O) groups excluding carboxylic acids is 1. The molecule has 1 aliphatic heterocycles. The number of benzene rings is 2. The number of nitrogens with one attached hydrogen (secondary N) is 1. The second kappa shape index (κ2) is 11.5. The largest absolute Gasteiger partial charge is 0.460 e. The Bertz CT molecular complexity index is 1400. The summed E-state index contributed by atoms with van der Waals surface area (Å²) in [6, 6.07) is 18.1. The minimum Gasteiger partial charge on any atom is -0.460 e. The highest BCUT2D eigenvalue weighted by Gasteiger charge is 2.37. The van der Waals surface area contributed by atoms with Crippen molar-refractivity contribution in [2.75, 3.05) is 11.9 Å². The fraction of sp³-hybridized carbons (Fsp3) is 0.310. The van der Waals surface area contributed by atoms with Crippen LogP contribution in [0.25, 0.3) is 17.2 Å². The van der Waals surface area contributed by atoms with E-state index in [1.165, 1.54) is 12.4 Å². The van der Waals surface area contributed by atoms with Crippen molar-refractivity contribution in [2.45, 2.75) is 51.2 Å². The molecule has 1 fully saturated rings. The van der Waals surface area contributed by atoms with Crippen molar-refractivity contribution in [3.63, 3.8) is 0 Å². The van der Waals surface area contributed by atoms with Gasteiger partial charge in [0, 0.05) is 12.5 Å². The first-order chi connectivity index (χ1) is 18.5. The van der Waals surface area contributed by atoms with E-state index in [0.717, 1.165) is 23.1 Å². The van der Waals surface area contributed by atoms with Gasteiger partial charge in [0.15, 0.2) is 23.2 Å². The maximum absolute atomic E-state index is 12.2. The normalized spacial score (nSPS) is 20.1. The molecule has 5 rings (SSSR count). The molecular formula is C29H31N5O4. The molecule has 0 spiro atoms. The van der Waals surface area contributed by atoms with Gasteiger partial charge in [-0.1, -0.05) is 67.1 Å². The summed E-state index contributed by atoms with van der Waals surface area (Å²) in [4.78, 5) is 25.5. The van der Waals surface area contributed by atoms with Gasteiger partial charge in [-0.15, -0.1) is 0 Å². The summed E-state index contributed by atoms with van der Waals surface area (Å²) in [7, 11) is 0. The van der Waals surface area contributed by atoms with E-state index in [1.54, 1.807) is 17.0 Å². The lowest BCUT2D eigenvalue weighted by Gasteiger charge is -2.19. The number of esters is 1. The first-order valence-electron chi connectivity index (χ1n) is 12.8. The van der Waals surface area contributed by atoms with E-state index in [9.17, 15) is 9.90 Å². The number of aliphatic hydroxyl groups excluding tert-OH is 1. The Morgan fingerprint density at radius 2 is 1.97 bits per heavy atom. The van der Waals surface area contributed by atoms with Crippen molar-refractivity contribution in [2.24, 2.45) is 0 Å². The molecule has 4 aromatic rings. The van der Waals surface area contributed by atoms with Gasteiger partial charge in [-0.3, -0.25) is 4.57 Å². The number of anilines is 1. The number of ether oxygens (including phenoxy) is 2. The number of hydrogen-bond donors (Lipinski definition) is 2. The average molecular weight is 514 g/mol. The molecule has 0 aliphatic carbocycles. The summed E-state index contributed by atoms with van der Waals surface area (Å²) in [6.45, 7) is 4.15. The van der Waals surface area contributed by atoms with Crippen LogP contribution < -0.4 is 5.32 Å². The van der Waals surface area contributed by atoms with Crippen LogP contribution >= 0.6 is 0 Å². The highest BCUT2D eigenvalue weighted by molar-refractivity contribution is 5.87. The van der Waals surface area contributed by atoms with Gasteiger partial charge >= 0.3 is 5.97 Å². The summed E-state index contributed by atoms with van der Waals surface area (Å²) in [6.07, 6.45) is 5.39. The smallest absolute Gasteiger partial charge is 0.330 e. The Balaban J connectivity index is 1.23. The van der Waals surface area contributed by atoms with E-state index in [4.69, 9.17) is 9.47 Å². The molecule has 9 heteroatoms. The van der Waals surface area contributed by atoms with Crippen LogP contribution in [0, 0.1) is 6.92 Å². The van der Waals surface area contributed by atoms with Gasteiger partial charge in [0.1, 0.15) is 19.0 Å². The predicted molar refractivity (Wildman–Crippen MR) is 144 cm³/mol. The minimum absolute atomic E-state index is 0.0360. The second-order valence-corrected chi connectivity index (χ2v) is 9.39. The van der Waals surface area contributed by atoms with E-state index in [1.807, 2.05) is 49.4 Å². The van der Waals surface area contributed by atoms with Crippen LogP contribution in [-0.2, 0) is 14.3 Å². The summed E-state index contributed by atoms with van der Waals surface area (Å²) in [5, 5.41) is 14.2. The van der Waals surface area contributed by atoms with Gasteiger partial charge < -0.3 is 19.9 Å². The van der Waals surface area contributed by atoms with Crippen LogP contribution in [0.4, 0.5) is 5.82 Å². The number of carbonyl (C=O) groups is 1. The lowest BCUT2D eigenvalue weighted by molar-refractivity contribution is -0.142. The van der Waals surface area contributed by atoms with Gasteiger partial charge in [0.05, 0.1) is 18.5 Å². The Labute approximate surface area is 221 Å². The van der Waals surface area contributed by atoms with Crippen molar-refractivity contribution in [3.8, 4) is 0 Å². The molecule has 9 nitrogen and oxygen atoms in total. The number of fused-ring (bicyclic) bond motifs is 1. The maximum Gasteiger partial charge on any atom is 0.330 e. The zero-order valence-electron chi connectivity index (χ0n) is 21.4. The molecule has 2 aromatic heterocycles. The van der Waals surface area contributed by atoms with E-state index in [0.29, 0.717) is 23.4 Å². The Hall–Kier alpha value is -4.08. The molecule has 38 heavy (non-hydrogen) atoms. The molecule has 1 saturated heterocycles. The first kappa shape index (κ1) is 25.6. The van der Waals surface area contributed by atoms with Gasteiger partial charge in [-0.25, -0.2) is 19.7 Å². The molecule has 3 heterocycles. The van der Waals surface area contributed by atoms with Crippen LogP contribution in [-0.4, -0.2) is 49.4 Å². The molecular weight excluding hydrogens is 482 g/mol. The van der Waals surface area contributed by atoms with Crippen LogP contribution in [0.2, 0.25) is 0 Å². The number of hydrogen-bond acceptors (Lipinski definition) is 8. The van der Waals surface area contributed by atoms with Crippen LogP contribution in [0.5, 0.6) is 0 Å². The minimum atomic E-state index is -0.807. The zero-order chi connectivity index (χ0) is 26.5. The van der Waals surface area contributed by atoms with Crippen LogP contribution in [0.15, 0.2) is 73.3 Å². The monoisotopic (exact) mass is 513 g/mol. The number of rotatable bonds is 9. The number of aliphatic hydroxyl groups is 1. The molecule has 1 aliphatic rings.